The van der Waals surface area contributed by atoms with Gasteiger partial charge in [0.25, 0.3) is 0 Å². The summed E-state index contributed by atoms with van der Waals surface area (Å²) in [5.41, 5.74) is 0. The van der Waals surface area contributed by atoms with Gasteiger partial charge in [-0.15, -0.1) is 0 Å². The number of urea groups is 1. The van der Waals surface area contributed by atoms with E-state index in [2.05, 4.69) is 4.36 Å². The fraction of sp³-hybridized carbons (Fsp3) is 0.667. The second-order valence-electron chi connectivity index (χ2n) is 1.43. The van der Waals surface area contributed by atoms with E-state index < -0.39 is 22.8 Å². The van der Waals surface area contributed by atoms with Crippen molar-refractivity contribution in [3.05, 3.63) is 0 Å². The largest absolute Gasteiger partial charge is 0.374 e. The third-order valence-electron chi connectivity index (χ3n) is 0.490. The van der Waals surface area contributed by atoms with Crippen LogP contribution >= 0.6 is 0 Å². The van der Waals surface area contributed by atoms with Gasteiger partial charge in [0, 0.05) is 0 Å². The number of carbonyl (C=O) groups is 1. The van der Waals surface area contributed by atoms with E-state index in [-0.39, 0.29) is 6.15 Å². The monoisotopic (exact) mass is 183 g/mol. The van der Waals surface area contributed by atoms with E-state index in [4.69, 9.17) is 5.11 Å². The van der Waals surface area contributed by atoms with Crippen molar-refractivity contribution >= 4 is 16.5 Å². The van der Waals surface area contributed by atoms with Crippen LogP contribution in [0, 0.1) is 0 Å². The molecule has 7 nitrogen and oxygen atoms in total. The van der Waals surface area contributed by atoms with E-state index in [0.717, 1.165) is 0 Å². The zero-order valence-electron chi connectivity index (χ0n) is 5.81. The van der Waals surface area contributed by atoms with Gasteiger partial charge < -0.3 is 16.6 Å². The summed E-state index contributed by atoms with van der Waals surface area (Å²) < 4.78 is 21.9. The highest BCUT2D eigenvalue weighted by atomic mass is 32.2. The number of rotatable bonds is 1. The molecule has 2 amide bonds. The lowest BCUT2D eigenvalue weighted by atomic mass is 10.7. The van der Waals surface area contributed by atoms with Crippen LogP contribution in [-0.2, 0) is 10.5 Å². The zero-order valence-corrected chi connectivity index (χ0v) is 6.63. The minimum absolute atomic E-state index is 0. The van der Waals surface area contributed by atoms with Gasteiger partial charge in [0.1, 0.15) is 6.23 Å². The van der Waals surface area contributed by atoms with E-state index in [1.807, 2.05) is 5.32 Å². The van der Waals surface area contributed by atoms with Crippen molar-refractivity contribution in [2.75, 3.05) is 0 Å². The summed E-state index contributed by atoms with van der Waals surface area (Å²) in [5.74, 6) is 0. The molecule has 5 N–H and O–H groups in total. The summed E-state index contributed by atoms with van der Waals surface area (Å²) in [6, 6.07) is -1.08. The molecule has 1 atom stereocenters. The standard InChI is InChI=1S/C3H6N2O4S.H3N/c1-2(6)4-3(7)5-10(8)9;/h2,6H,1H3,(H,4,7);1H3. The number of aliphatic hydroxyl groups is 1. The quantitative estimate of drug-likeness (QED) is 0.460. The Labute approximate surface area is 64.7 Å². The van der Waals surface area contributed by atoms with Gasteiger partial charge in [0.15, 0.2) is 0 Å². The lowest BCUT2D eigenvalue weighted by Gasteiger charge is -2.00. The van der Waals surface area contributed by atoms with Gasteiger partial charge in [-0.05, 0) is 6.92 Å². The van der Waals surface area contributed by atoms with Crippen molar-refractivity contribution in [2.24, 2.45) is 4.36 Å². The smallest absolute Gasteiger partial charge is 0.357 e. The number of carbonyl (C=O) groups excluding carboxylic acids is 1. The van der Waals surface area contributed by atoms with E-state index in [1.165, 1.54) is 6.92 Å². The Morgan fingerprint density at radius 1 is 1.64 bits per heavy atom. The topological polar surface area (TPSA) is 131 Å². The first-order chi connectivity index (χ1) is 4.52. The van der Waals surface area contributed by atoms with Gasteiger partial charge in [0.2, 0.25) is 0 Å². The van der Waals surface area contributed by atoms with Crippen LogP contribution in [0.2, 0.25) is 0 Å². The molecule has 0 heterocycles. The van der Waals surface area contributed by atoms with Crippen molar-refractivity contribution in [1.29, 1.82) is 0 Å². The van der Waals surface area contributed by atoms with Gasteiger partial charge in [-0.3, -0.25) is 0 Å². The average Bonchev–Trinajstić information content (AvgIpc) is 1.58. The second kappa shape index (κ2) is 5.77. The second-order valence-corrected chi connectivity index (χ2v) is 2.05. The van der Waals surface area contributed by atoms with Crippen molar-refractivity contribution in [3.63, 3.8) is 0 Å². The van der Waals surface area contributed by atoms with Crippen LogP contribution in [0.3, 0.4) is 0 Å². The van der Waals surface area contributed by atoms with Crippen LogP contribution in [0.5, 0.6) is 0 Å². The molecule has 0 spiro atoms. The number of amides is 2. The third-order valence-corrected chi connectivity index (χ3v) is 0.805. The highest BCUT2D eigenvalue weighted by Gasteiger charge is 2.00. The maximum atomic E-state index is 10.2. The molecule has 0 aromatic carbocycles. The Balaban J connectivity index is 0. The van der Waals surface area contributed by atoms with Gasteiger partial charge in [0.05, 0.1) is 0 Å². The van der Waals surface area contributed by atoms with Crippen molar-refractivity contribution in [1.82, 2.24) is 11.5 Å². The predicted molar refractivity (Wildman–Crippen MR) is 36.6 cm³/mol. The molecule has 0 bridgehead atoms. The van der Waals surface area contributed by atoms with E-state index in [9.17, 15) is 13.2 Å². The number of nitrogens with one attached hydrogen (secondary N) is 1. The first-order valence-corrected chi connectivity index (χ1v) is 3.35. The summed E-state index contributed by atoms with van der Waals surface area (Å²) in [4.78, 5) is 10.2. The Bertz CT molecular complexity index is 235. The maximum Gasteiger partial charge on any atom is 0.357 e. The number of aliphatic hydroxyl groups excluding tert-OH is 1. The Morgan fingerprint density at radius 3 is 2.36 bits per heavy atom. The van der Waals surface area contributed by atoms with E-state index in [0.29, 0.717) is 0 Å². The van der Waals surface area contributed by atoms with Crippen molar-refractivity contribution < 1.29 is 18.3 Å². The van der Waals surface area contributed by atoms with Crippen LogP contribution < -0.4 is 11.5 Å². The zero-order chi connectivity index (χ0) is 8.15. The Morgan fingerprint density at radius 2 is 2.09 bits per heavy atom. The number of hydrogen-bond acceptors (Lipinski definition) is 5. The third kappa shape index (κ3) is 9.01. The van der Waals surface area contributed by atoms with Gasteiger partial charge in [-0.2, -0.15) is 8.42 Å². The normalized spacial score (nSPS) is 10.7. The first-order valence-electron chi connectivity index (χ1n) is 2.32. The maximum absolute atomic E-state index is 10.2. The van der Waals surface area contributed by atoms with Gasteiger partial charge >= 0.3 is 16.5 Å². The molecule has 0 saturated heterocycles. The van der Waals surface area contributed by atoms with E-state index in [1.54, 1.807) is 0 Å². The van der Waals surface area contributed by atoms with Crippen LogP contribution in [0.1, 0.15) is 6.92 Å². The molecule has 0 fully saturated rings. The SMILES string of the molecule is CC(O)NC(=O)N=S(=O)=O.N. The van der Waals surface area contributed by atoms with Crippen LogP contribution in [0.25, 0.3) is 0 Å². The molecule has 66 valence electrons. The first kappa shape index (κ1) is 12.7. The minimum atomic E-state index is -2.76. The Hall–Kier alpha value is -0.990. The fourth-order valence-corrected chi connectivity index (χ4v) is 0.461. The average molecular weight is 183 g/mol. The summed E-state index contributed by atoms with van der Waals surface area (Å²) >= 11 is 0. The predicted octanol–water partition coefficient (Wildman–Crippen LogP) is -0.741. The molecule has 0 aliphatic rings. The number of nitrogens with zero attached hydrogens (tertiary/aromatic N) is 1. The minimum Gasteiger partial charge on any atom is -0.374 e. The molecule has 0 radical (unpaired) electrons. The van der Waals surface area contributed by atoms with Gasteiger partial charge in [-0.25, -0.2) is 4.79 Å². The van der Waals surface area contributed by atoms with Crippen LogP contribution in [0.4, 0.5) is 4.79 Å². The summed E-state index contributed by atoms with van der Waals surface area (Å²) in [6.45, 7) is 1.27. The van der Waals surface area contributed by atoms with E-state index >= 15 is 0 Å². The summed E-state index contributed by atoms with van der Waals surface area (Å²) in [7, 11) is -2.76. The summed E-state index contributed by atoms with van der Waals surface area (Å²) in [6.07, 6.45) is -1.10. The lowest BCUT2D eigenvalue weighted by molar-refractivity contribution is 0.161. The molecule has 0 aromatic heterocycles. The van der Waals surface area contributed by atoms with Gasteiger partial charge in [-0.1, -0.05) is 4.36 Å². The fourth-order valence-electron chi connectivity index (χ4n) is 0.273. The highest BCUT2D eigenvalue weighted by molar-refractivity contribution is 7.62. The highest BCUT2D eigenvalue weighted by Crippen LogP contribution is 1.76. The molecule has 8 heteroatoms. The van der Waals surface area contributed by atoms with Crippen molar-refractivity contribution in [3.8, 4) is 0 Å². The lowest BCUT2D eigenvalue weighted by Crippen LogP contribution is -2.29. The number of hydrogen-bond donors (Lipinski definition) is 3. The molecule has 0 aliphatic carbocycles. The molecule has 0 saturated carbocycles. The molecule has 1 unspecified atom stereocenters. The Kier molecular flexibility index (Phi) is 6.64. The summed E-state index contributed by atoms with van der Waals surface area (Å²) in [5, 5.41) is 10.3. The van der Waals surface area contributed by atoms with Crippen LogP contribution in [0.15, 0.2) is 4.36 Å². The molecule has 0 rings (SSSR count). The molecule has 11 heavy (non-hydrogen) atoms. The molecular formula is C3H9N3O4S. The molecule has 0 aromatic rings. The van der Waals surface area contributed by atoms with Crippen molar-refractivity contribution in [2.45, 2.75) is 13.2 Å². The molecular weight excluding hydrogens is 174 g/mol. The molecule has 0 aliphatic heterocycles. The van der Waals surface area contributed by atoms with Crippen LogP contribution in [-0.4, -0.2) is 25.8 Å².